The van der Waals surface area contributed by atoms with Crippen LogP contribution in [-0.4, -0.2) is 26.6 Å². The number of aryl methyl sites for hydroxylation is 4. The fourth-order valence-electron chi connectivity index (χ4n) is 4.25. The maximum Gasteiger partial charge on any atom is 0.244 e. The van der Waals surface area contributed by atoms with E-state index >= 15 is 0 Å². The molecule has 0 saturated heterocycles. The minimum atomic E-state index is -3.65. The predicted molar refractivity (Wildman–Crippen MR) is 122 cm³/mol. The van der Waals surface area contributed by atoms with Crippen LogP contribution in [0.1, 0.15) is 60.5 Å². The zero-order valence-electron chi connectivity index (χ0n) is 18.5. The predicted octanol–water partition coefficient (Wildman–Crippen LogP) is 4.21. The summed E-state index contributed by atoms with van der Waals surface area (Å²) in [5.74, 6) is -0.281. The van der Waals surface area contributed by atoms with Crippen LogP contribution in [0.15, 0.2) is 36.4 Å². The molecule has 30 heavy (non-hydrogen) atoms. The number of fused-ring (bicyclic) bond motifs is 1. The molecule has 6 heteroatoms. The average Bonchev–Trinajstić information content (AvgIpc) is 3.14. The Bertz CT molecular complexity index is 1050. The average molecular weight is 429 g/mol. The topological polar surface area (TPSA) is 66.5 Å². The highest BCUT2D eigenvalue weighted by molar-refractivity contribution is 7.92. The van der Waals surface area contributed by atoms with Gasteiger partial charge in [-0.3, -0.25) is 9.10 Å². The van der Waals surface area contributed by atoms with Crippen molar-refractivity contribution in [2.75, 3.05) is 10.6 Å². The SMILES string of the molecule is CC[C@H](C(=O)N[C@@H](C)c1ccc2c(c1)CCC2)N(c1cc(C)ccc1C)S(C)(=O)=O. The van der Waals surface area contributed by atoms with Crippen LogP contribution in [0.3, 0.4) is 0 Å². The van der Waals surface area contributed by atoms with Gasteiger partial charge in [-0.1, -0.05) is 37.3 Å². The lowest BCUT2D eigenvalue weighted by Crippen LogP contribution is -2.50. The second-order valence-electron chi connectivity index (χ2n) is 8.38. The standard InChI is InChI=1S/C24H32N2O3S/c1-6-22(26(30(5,28)29)23-14-16(2)10-11-17(23)3)24(27)25-18(4)20-13-12-19-8-7-9-21(19)15-20/h10-15,18,22H,6-9H2,1-5H3,(H,25,27)/t18-,22+/m0/s1. The molecule has 2 aromatic carbocycles. The van der Waals surface area contributed by atoms with Crippen molar-refractivity contribution >= 4 is 21.6 Å². The Kier molecular flexibility index (Phi) is 6.56. The summed E-state index contributed by atoms with van der Waals surface area (Å²) >= 11 is 0. The zero-order valence-corrected chi connectivity index (χ0v) is 19.3. The Balaban J connectivity index is 1.88. The summed E-state index contributed by atoms with van der Waals surface area (Å²) in [6.45, 7) is 7.57. The molecule has 5 nitrogen and oxygen atoms in total. The van der Waals surface area contributed by atoms with E-state index in [-0.39, 0.29) is 11.9 Å². The Morgan fingerprint density at radius 1 is 1.10 bits per heavy atom. The first-order valence-electron chi connectivity index (χ1n) is 10.6. The lowest BCUT2D eigenvalue weighted by molar-refractivity contribution is -0.122. The third kappa shape index (κ3) is 4.69. The highest BCUT2D eigenvalue weighted by Gasteiger charge is 2.33. The molecule has 0 saturated carbocycles. The van der Waals surface area contributed by atoms with Crippen LogP contribution in [-0.2, 0) is 27.7 Å². The van der Waals surface area contributed by atoms with Gasteiger partial charge in [0.2, 0.25) is 15.9 Å². The number of nitrogens with one attached hydrogen (secondary N) is 1. The van der Waals surface area contributed by atoms with Gasteiger partial charge in [0, 0.05) is 0 Å². The zero-order chi connectivity index (χ0) is 22.1. The van der Waals surface area contributed by atoms with E-state index < -0.39 is 16.1 Å². The molecule has 0 radical (unpaired) electrons. The Morgan fingerprint density at radius 2 is 1.80 bits per heavy atom. The first kappa shape index (κ1) is 22.3. The molecule has 0 heterocycles. The van der Waals surface area contributed by atoms with E-state index in [0.717, 1.165) is 35.8 Å². The smallest absolute Gasteiger partial charge is 0.244 e. The van der Waals surface area contributed by atoms with Crippen molar-refractivity contribution in [3.8, 4) is 0 Å². The Hall–Kier alpha value is -2.34. The summed E-state index contributed by atoms with van der Waals surface area (Å²) in [5.41, 5.74) is 6.13. The lowest BCUT2D eigenvalue weighted by atomic mass is 10.0. The molecule has 3 rings (SSSR count). The molecule has 1 aliphatic carbocycles. The fraction of sp³-hybridized carbons (Fsp3) is 0.458. The van der Waals surface area contributed by atoms with Crippen LogP contribution in [0.4, 0.5) is 5.69 Å². The molecular weight excluding hydrogens is 396 g/mol. The van der Waals surface area contributed by atoms with Crippen molar-refractivity contribution < 1.29 is 13.2 Å². The monoisotopic (exact) mass is 428 g/mol. The molecule has 0 unspecified atom stereocenters. The molecule has 2 atom stereocenters. The number of anilines is 1. The number of benzene rings is 2. The first-order chi connectivity index (χ1) is 14.1. The third-order valence-electron chi connectivity index (χ3n) is 5.91. The van der Waals surface area contributed by atoms with Gasteiger partial charge in [0.1, 0.15) is 6.04 Å². The van der Waals surface area contributed by atoms with E-state index in [4.69, 9.17) is 0 Å². The van der Waals surface area contributed by atoms with Gasteiger partial charge in [-0.25, -0.2) is 8.42 Å². The van der Waals surface area contributed by atoms with Crippen molar-refractivity contribution in [2.45, 2.75) is 65.5 Å². The van der Waals surface area contributed by atoms with Crippen LogP contribution >= 0.6 is 0 Å². The Morgan fingerprint density at radius 3 is 2.47 bits per heavy atom. The van der Waals surface area contributed by atoms with E-state index in [2.05, 4.69) is 23.5 Å². The van der Waals surface area contributed by atoms with Gasteiger partial charge in [-0.05, 0) is 80.3 Å². The van der Waals surface area contributed by atoms with Crippen molar-refractivity contribution in [1.82, 2.24) is 5.32 Å². The van der Waals surface area contributed by atoms with Gasteiger partial charge in [0.25, 0.3) is 0 Å². The molecule has 2 aromatic rings. The van der Waals surface area contributed by atoms with Gasteiger partial charge >= 0.3 is 0 Å². The molecule has 1 amide bonds. The number of amides is 1. The highest BCUT2D eigenvalue weighted by Crippen LogP contribution is 2.29. The number of nitrogens with zero attached hydrogens (tertiary/aromatic N) is 1. The summed E-state index contributed by atoms with van der Waals surface area (Å²) < 4.78 is 26.7. The highest BCUT2D eigenvalue weighted by atomic mass is 32.2. The normalized spacial score (nSPS) is 15.4. The van der Waals surface area contributed by atoms with Gasteiger partial charge in [-0.2, -0.15) is 0 Å². The summed E-state index contributed by atoms with van der Waals surface area (Å²) in [4.78, 5) is 13.2. The van der Waals surface area contributed by atoms with Crippen LogP contribution < -0.4 is 9.62 Å². The maximum atomic E-state index is 13.2. The van der Waals surface area contributed by atoms with Crippen LogP contribution in [0.2, 0.25) is 0 Å². The quantitative estimate of drug-likeness (QED) is 0.718. The molecular formula is C24H32N2O3S. The number of hydrogen-bond acceptors (Lipinski definition) is 3. The van der Waals surface area contributed by atoms with E-state index in [0.29, 0.717) is 12.1 Å². The van der Waals surface area contributed by atoms with Gasteiger partial charge in [-0.15, -0.1) is 0 Å². The minimum Gasteiger partial charge on any atom is -0.348 e. The third-order valence-corrected chi connectivity index (χ3v) is 7.08. The summed E-state index contributed by atoms with van der Waals surface area (Å²) in [6.07, 6.45) is 4.91. The largest absolute Gasteiger partial charge is 0.348 e. The maximum absolute atomic E-state index is 13.2. The number of hydrogen-bond donors (Lipinski definition) is 1. The van der Waals surface area contributed by atoms with Crippen LogP contribution in [0, 0.1) is 13.8 Å². The van der Waals surface area contributed by atoms with Crippen LogP contribution in [0.5, 0.6) is 0 Å². The number of carbonyl (C=O) groups is 1. The molecule has 1 N–H and O–H groups in total. The van der Waals surface area contributed by atoms with Crippen molar-refractivity contribution in [3.63, 3.8) is 0 Å². The molecule has 0 fully saturated rings. The summed E-state index contributed by atoms with van der Waals surface area (Å²) in [6, 6.07) is 11.0. The minimum absolute atomic E-state index is 0.197. The molecule has 0 bridgehead atoms. The molecule has 162 valence electrons. The van der Waals surface area contributed by atoms with Crippen molar-refractivity contribution in [2.24, 2.45) is 0 Å². The Labute approximate surface area is 180 Å². The van der Waals surface area contributed by atoms with E-state index in [1.54, 1.807) is 0 Å². The van der Waals surface area contributed by atoms with Crippen molar-refractivity contribution in [1.29, 1.82) is 0 Å². The number of rotatable bonds is 7. The molecule has 0 aliphatic heterocycles. The summed E-state index contributed by atoms with van der Waals surface area (Å²) in [5, 5.41) is 3.05. The first-order valence-corrected chi connectivity index (χ1v) is 12.5. The van der Waals surface area contributed by atoms with E-state index in [1.165, 1.54) is 21.9 Å². The summed E-state index contributed by atoms with van der Waals surface area (Å²) in [7, 11) is -3.65. The van der Waals surface area contributed by atoms with Gasteiger partial charge < -0.3 is 5.32 Å². The van der Waals surface area contributed by atoms with Gasteiger partial charge in [0.05, 0.1) is 18.0 Å². The molecule has 0 aromatic heterocycles. The molecule has 0 spiro atoms. The van der Waals surface area contributed by atoms with Crippen molar-refractivity contribution in [3.05, 3.63) is 64.2 Å². The number of carbonyl (C=O) groups excluding carboxylic acids is 1. The van der Waals surface area contributed by atoms with E-state index in [9.17, 15) is 13.2 Å². The van der Waals surface area contributed by atoms with Gasteiger partial charge in [0.15, 0.2) is 0 Å². The second kappa shape index (κ2) is 8.80. The molecule has 1 aliphatic rings. The van der Waals surface area contributed by atoms with Crippen LogP contribution in [0.25, 0.3) is 0 Å². The fourth-order valence-corrected chi connectivity index (χ4v) is 5.51. The van der Waals surface area contributed by atoms with E-state index in [1.807, 2.05) is 45.9 Å². The lowest BCUT2D eigenvalue weighted by Gasteiger charge is -2.32. The number of sulfonamides is 1. The second-order valence-corrected chi connectivity index (χ2v) is 10.2.